The summed E-state index contributed by atoms with van der Waals surface area (Å²) in [6.07, 6.45) is 0.887. The summed E-state index contributed by atoms with van der Waals surface area (Å²) < 4.78 is 25.1. The first-order valence-electron chi connectivity index (χ1n) is 5.76. The van der Waals surface area contributed by atoms with Gasteiger partial charge in [0.05, 0.1) is 0 Å². The lowest BCUT2D eigenvalue weighted by Crippen LogP contribution is -2.49. The van der Waals surface area contributed by atoms with Gasteiger partial charge in [0.2, 0.25) is 11.8 Å². The minimum absolute atomic E-state index is 0.334. The van der Waals surface area contributed by atoms with Crippen molar-refractivity contribution in [3.63, 3.8) is 0 Å². The molecule has 1 fully saturated rings. The van der Waals surface area contributed by atoms with Crippen LogP contribution >= 0.6 is 0 Å². The van der Waals surface area contributed by atoms with Crippen molar-refractivity contribution in [1.29, 1.82) is 0 Å². The molecule has 4 nitrogen and oxygen atoms in total. The molecular formula is C11H17F2NO3. The second kappa shape index (κ2) is 5.42. The number of carbonyl (C=O) groups excluding carboxylic acids is 1. The highest BCUT2D eigenvalue weighted by molar-refractivity contribution is 5.85. The molecule has 0 aliphatic heterocycles. The zero-order valence-corrected chi connectivity index (χ0v) is 9.71. The summed E-state index contributed by atoms with van der Waals surface area (Å²) in [5, 5.41) is 11.2. The zero-order valence-electron chi connectivity index (χ0n) is 9.71. The van der Waals surface area contributed by atoms with Crippen LogP contribution in [0.2, 0.25) is 0 Å². The molecule has 6 heteroatoms. The third kappa shape index (κ3) is 3.94. The Balaban J connectivity index is 2.40. The normalized spacial score (nSPS) is 20.4. The zero-order chi connectivity index (χ0) is 13.1. The molecule has 0 aromatic heterocycles. The van der Waals surface area contributed by atoms with E-state index in [0.29, 0.717) is 12.8 Å². The summed E-state index contributed by atoms with van der Waals surface area (Å²) >= 11 is 0. The Kier molecular flexibility index (Phi) is 4.42. The number of amides is 1. The van der Waals surface area contributed by atoms with E-state index in [-0.39, 0.29) is 0 Å². The van der Waals surface area contributed by atoms with E-state index in [4.69, 9.17) is 5.11 Å². The van der Waals surface area contributed by atoms with Crippen molar-refractivity contribution in [3.05, 3.63) is 0 Å². The smallest absolute Gasteiger partial charge is 0.326 e. The summed E-state index contributed by atoms with van der Waals surface area (Å²) in [7, 11) is 0. The van der Waals surface area contributed by atoms with Gasteiger partial charge in [-0.2, -0.15) is 0 Å². The second-order valence-electron chi connectivity index (χ2n) is 4.50. The van der Waals surface area contributed by atoms with E-state index in [1.54, 1.807) is 0 Å². The molecule has 0 saturated heterocycles. The fourth-order valence-electron chi connectivity index (χ4n) is 1.80. The molecular weight excluding hydrogens is 232 g/mol. The Morgan fingerprint density at radius 3 is 2.47 bits per heavy atom. The Morgan fingerprint density at radius 1 is 1.47 bits per heavy atom. The minimum atomic E-state index is -2.76. The van der Waals surface area contributed by atoms with Crippen molar-refractivity contribution in [2.45, 2.75) is 51.0 Å². The SMILES string of the molecule is CCCCC(NC(=O)C1CC(F)(F)C1)C(=O)O. The van der Waals surface area contributed by atoms with Crippen molar-refractivity contribution in [2.24, 2.45) is 5.92 Å². The van der Waals surface area contributed by atoms with Gasteiger partial charge in [-0.15, -0.1) is 0 Å². The summed E-state index contributed by atoms with van der Waals surface area (Å²) in [4.78, 5) is 22.3. The average molecular weight is 249 g/mol. The lowest BCUT2D eigenvalue weighted by atomic mass is 9.80. The molecule has 1 saturated carbocycles. The van der Waals surface area contributed by atoms with E-state index in [1.807, 2.05) is 6.92 Å². The number of nitrogens with one attached hydrogen (secondary N) is 1. The van der Waals surface area contributed by atoms with Gasteiger partial charge in [0, 0.05) is 18.8 Å². The first kappa shape index (κ1) is 13.9. The van der Waals surface area contributed by atoms with Crippen LogP contribution in [0.5, 0.6) is 0 Å². The quantitative estimate of drug-likeness (QED) is 0.754. The lowest BCUT2D eigenvalue weighted by Gasteiger charge is -2.34. The summed E-state index contributed by atoms with van der Waals surface area (Å²) in [5.41, 5.74) is 0. The lowest BCUT2D eigenvalue weighted by molar-refractivity contribution is -0.153. The molecule has 1 rings (SSSR count). The molecule has 0 radical (unpaired) electrons. The third-order valence-corrected chi connectivity index (χ3v) is 2.92. The molecule has 1 aliphatic rings. The number of halogens is 2. The number of alkyl halides is 2. The predicted molar refractivity (Wildman–Crippen MR) is 56.8 cm³/mol. The van der Waals surface area contributed by atoms with Crippen molar-refractivity contribution in [2.75, 3.05) is 0 Å². The van der Waals surface area contributed by atoms with Gasteiger partial charge in [0.25, 0.3) is 0 Å². The maximum atomic E-state index is 12.6. The van der Waals surface area contributed by atoms with Gasteiger partial charge in [0.15, 0.2) is 0 Å². The molecule has 0 aromatic carbocycles. The summed E-state index contributed by atoms with van der Waals surface area (Å²) in [6, 6.07) is -0.961. The Hall–Kier alpha value is -1.20. The van der Waals surface area contributed by atoms with Crippen LogP contribution in [0.1, 0.15) is 39.0 Å². The predicted octanol–water partition coefficient (Wildman–Crippen LogP) is 1.79. The van der Waals surface area contributed by atoms with Gasteiger partial charge in [-0.05, 0) is 6.42 Å². The minimum Gasteiger partial charge on any atom is -0.480 e. The van der Waals surface area contributed by atoms with Crippen LogP contribution in [-0.2, 0) is 9.59 Å². The van der Waals surface area contributed by atoms with Crippen molar-refractivity contribution < 1.29 is 23.5 Å². The van der Waals surface area contributed by atoms with Crippen LogP contribution in [0.25, 0.3) is 0 Å². The topological polar surface area (TPSA) is 66.4 Å². The van der Waals surface area contributed by atoms with Crippen LogP contribution in [-0.4, -0.2) is 28.9 Å². The molecule has 0 heterocycles. The standard InChI is InChI=1S/C11H17F2NO3/c1-2-3-4-8(10(16)17)14-9(15)7-5-11(12,13)6-7/h7-8H,2-6H2,1H3,(H,14,15)(H,16,17). The Bertz CT molecular complexity index is 299. The largest absolute Gasteiger partial charge is 0.480 e. The first-order chi connectivity index (χ1) is 7.85. The van der Waals surface area contributed by atoms with E-state index < -0.39 is 42.6 Å². The summed E-state index contributed by atoms with van der Waals surface area (Å²) in [5.74, 6) is -5.18. The van der Waals surface area contributed by atoms with Gasteiger partial charge >= 0.3 is 5.97 Å². The van der Waals surface area contributed by atoms with E-state index in [0.717, 1.165) is 6.42 Å². The van der Waals surface area contributed by atoms with Crippen molar-refractivity contribution in [3.8, 4) is 0 Å². The highest BCUT2D eigenvalue weighted by Gasteiger charge is 2.49. The van der Waals surface area contributed by atoms with Gasteiger partial charge < -0.3 is 10.4 Å². The molecule has 0 bridgehead atoms. The van der Waals surface area contributed by atoms with Crippen molar-refractivity contribution in [1.82, 2.24) is 5.32 Å². The van der Waals surface area contributed by atoms with Gasteiger partial charge in [-0.3, -0.25) is 4.79 Å². The number of hydrogen-bond acceptors (Lipinski definition) is 2. The molecule has 1 amide bonds. The van der Waals surface area contributed by atoms with Gasteiger partial charge in [0.1, 0.15) is 6.04 Å². The molecule has 1 unspecified atom stereocenters. The van der Waals surface area contributed by atoms with Crippen LogP contribution in [0.15, 0.2) is 0 Å². The monoisotopic (exact) mass is 249 g/mol. The van der Waals surface area contributed by atoms with E-state index in [9.17, 15) is 18.4 Å². The summed E-state index contributed by atoms with van der Waals surface area (Å²) in [6.45, 7) is 1.91. The van der Waals surface area contributed by atoms with Gasteiger partial charge in [-0.1, -0.05) is 19.8 Å². The highest BCUT2D eigenvalue weighted by Crippen LogP contribution is 2.42. The molecule has 0 spiro atoms. The molecule has 17 heavy (non-hydrogen) atoms. The first-order valence-corrected chi connectivity index (χ1v) is 5.76. The van der Waals surface area contributed by atoms with Crippen LogP contribution in [0.3, 0.4) is 0 Å². The van der Waals surface area contributed by atoms with Crippen LogP contribution < -0.4 is 5.32 Å². The number of aliphatic carboxylic acids is 1. The molecule has 2 N–H and O–H groups in total. The maximum Gasteiger partial charge on any atom is 0.326 e. The number of carboxylic acid groups (broad SMARTS) is 1. The molecule has 0 aromatic rings. The Labute approximate surface area is 98.4 Å². The number of rotatable bonds is 6. The molecule has 1 aliphatic carbocycles. The van der Waals surface area contributed by atoms with Crippen LogP contribution in [0, 0.1) is 5.92 Å². The molecule has 1 atom stereocenters. The van der Waals surface area contributed by atoms with Crippen molar-refractivity contribution >= 4 is 11.9 Å². The fourth-order valence-corrected chi connectivity index (χ4v) is 1.80. The molecule has 98 valence electrons. The van der Waals surface area contributed by atoms with Gasteiger partial charge in [-0.25, -0.2) is 13.6 Å². The average Bonchev–Trinajstić information content (AvgIpc) is 2.19. The van der Waals surface area contributed by atoms with E-state index in [2.05, 4.69) is 5.32 Å². The van der Waals surface area contributed by atoms with Crippen LogP contribution in [0.4, 0.5) is 8.78 Å². The number of hydrogen-bond donors (Lipinski definition) is 2. The number of carboxylic acids is 1. The number of unbranched alkanes of at least 4 members (excludes halogenated alkanes) is 1. The maximum absolute atomic E-state index is 12.6. The van der Waals surface area contributed by atoms with E-state index in [1.165, 1.54) is 0 Å². The highest BCUT2D eigenvalue weighted by atomic mass is 19.3. The fraction of sp³-hybridized carbons (Fsp3) is 0.818. The second-order valence-corrected chi connectivity index (χ2v) is 4.50. The van der Waals surface area contributed by atoms with E-state index >= 15 is 0 Å². The number of carbonyl (C=O) groups is 2. The Morgan fingerprint density at radius 2 is 2.06 bits per heavy atom. The third-order valence-electron chi connectivity index (χ3n) is 2.92.